The Kier molecular flexibility index (Phi) is 4.71. The third kappa shape index (κ3) is 2.99. The van der Waals surface area contributed by atoms with Crippen LogP contribution in [0, 0.1) is 6.92 Å². The topological polar surface area (TPSA) is 38.5 Å². The summed E-state index contributed by atoms with van der Waals surface area (Å²) in [6.45, 7) is 11.5. The van der Waals surface area contributed by atoms with Crippen molar-refractivity contribution in [2.24, 2.45) is 5.73 Å². The van der Waals surface area contributed by atoms with Crippen LogP contribution in [0.25, 0.3) is 0 Å². The van der Waals surface area contributed by atoms with Crippen molar-refractivity contribution in [3.8, 4) is 5.75 Å². The summed E-state index contributed by atoms with van der Waals surface area (Å²) in [5, 5.41) is 0. The van der Waals surface area contributed by atoms with E-state index < -0.39 is 0 Å². The molecule has 2 unspecified atom stereocenters. The number of fused-ring (bicyclic) bond motifs is 1. The van der Waals surface area contributed by atoms with Crippen LogP contribution in [0.3, 0.4) is 0 Å². The van der Waals surface area contributed by atoms with Crippen molar-refractivity contribution in [3.63, 3.8) is 0 Å². The monoisotopic (exact) mass is 276 g/mol. The lowest BCUT2D eigenvalue weighted by molar-refractivity contribution is 0.0658. The molecule has 1 aromatic carbocycles. The van der Waals surface area contributed by atoms with Gasteiger partial charge in [0.1, 0.15) is 11.9 Å². The molecule has 0 aliphatic carbocycles. The van der Waals surface area contributed by atoms with Gasteiger partial charge in [0.05, 0.1) is 0 Å². The standard InChI is InChI=1S/C17H28N2O/c1-5-17(4,12-18)19(6-2)11-15-10-14-9-13(3)7-8-16(14)20-15/h7-9,15H,5-6,10-12,18H2,1-4H3. The Hall–Kier alpha value is -1.06. The van der Waals surface area contributed by atoms with E-state index in [4.69, 9.17) is 10.5 Å². The van der Waals surface area contributed by atoms with Gasteiger partial charge < -0.3 is 10.5 Å². The summed E-state index contributed by atoms with van der Waals surface area (Å²) in [6, 6.07) is 6.46. The maximum absolute atomic E-state index is 6.10. The lowest BCUT2D eigenvalue weighted by atomic mass is 9.95. The second-order valence-corrected chi connectivity index (χ2v) is 6.15. The molecule has 0 spiro atoms. The Morgan fingerprint density at radius 1 is 1.40 bits per heavy atom. The second kappa shape index (κ2) is 6.15. The van der Waals surface area contributed by atoms with Gasteiger partial charge in [0.25, 0.3) is 0 Å². The molecule has 1 heterocycles. The van der Waals surface area contributed by atoms with Gasteiger partial charge in [-0.25, -0.2) is 0 Å². The summed E-state index contributed by atoms with van der Waals surface area (Å²) >= 11 is 0. The predicted molar refractivity (Wildman–Crippen MR) is 84.3 cm³/mol. The van der Waals surface area contributed by atoms with Crippen LogP contribution in [0.4, 0.5) is 0 Å². The number of rotatable bonds is 6. The summed E-state index contributed by atoms with van der Waals surface area (Å²) in [6.07, 6.45) is 2.33. The zero-order chi connectivity index (χ0) is 14.8. The average Bonchev–Trinajstić information content (AvgIpc) is 2.85. The van der Waals surface area contributed by atoms with Crippen LogP contribution < -0.4 is 10.5 Å². The van der Waals surface area contributed by atoms with E-state index in [1.807, 2.05) is 0 Å². The zero-order valence-electron chi connectivity index (χ0n) is 13.3. The number of likely N-dealkylation sites (N-methyl/N-ethyl adjacent to an activating group) is 1. The highest BCUT2D eigenvalue weighted by Crippen LogP contribution is 2.31. The molecular formula is C17H28N2O. The Morgan fingerprint density at radius 2 is 2.15 bits per heavy atom. The van der Waals surface area contributed by atoms with Crippen LogP contribution >= 0.6 is 0 Å². The van der Waals surface area contributed by atoms with Gasteiger partial charge in [0, 0.05) is 25.0 Å². The Labute approximate surface area is 123 Å². The van der Waals surface area contributed by atoms with E-state index in [1.165, 1.54) is 11.1 Å². The molecule has 2 N–H and O–H groups in total. The summed E-state index contributed by atoms with van der Waals surface area (Å²) < 4.78 is 6.10. The summed E-state index contributed by atoms with van der Waals surface area (Å²) in [4.78, 5) is 2.47. The van der Waals surface area contributed by atoms with Crippen LogP contribution in [0.2, 0.25) is 0 Å². The Morgan fingerprint density at radius 3 is 2.75 bits per heavy atom. The van der Waals surface area contributed by atoms with Crippen molar-refractivity contribution >= 4 is 0 Å². The Balaban J connectivity index is 2.05. The number of hydrogen-bond acceptors (Lipinski definition) is 3. The summed E-state index contributed by atoms with van der Waals surface area (Å²) in [5.41, 5.74) is 8.71. The second-order valence-electron chi connectivity index (χ2n) is 6.15. The zero-order valence-corrected chi connectivity index (χ0v) is 13.3. The molecule has 0 radical (unpaired) electrons. The third-order valence-corrected chi connectivity index (χ3v) is 4.73. The molecule has 112 valence electrons. The lowest BCUT2D eigenvalue weighted by Crippen LogP contribution is -2.54. The maximum Gasteiger partial charge on any atom is 0.123 e. The maximum atomic E-state index is 6.10. The quantitative estimate of drug-likeness (QED) is 0.868. The van der Waals surface area contributed by atoms with E-state index in [2.05, 4.69) is 50.8 Å². The minimum absolute atomic E-state index is 0.0722. The molecular weight excluding hydrogens is 248 g/mol. The average molecular weight is 276 g/mol. The van der Waals surface area contributed by atoms with E-state index in [-0.39, 0.29) is 11.6 Å². The first-order valence-corrected chi connectivity index (χ1v) is 7.73. The SMILES string of the molecule is CCN(CC1Cc2cc(C)ccc2O1)C(C)(CC)CN. The van der Waals surface area contributed by atoms with Crippen molar-refractivity contribution in [3.05, 3.63) is 29.3 Å². The molecule has 1 aliphatic rings. The van der Waals surface area contributed by atoms with Crippen molar-refractivity contribution in [2.45, 2.75) is 52.2 Å². The number of nitrogens with zero attached hydrogens (tertiary/aromatic N) is 1. The van der Waals surface area contributed by atoms with E-state index in [0.717, 1.165) is 31.7 Å². The molecule has 0 aromatic heterocycles. The molecule has 0 saturated heterocycles. The number of aryl methyl sites for hydroxylation is 1. The predicted octanol–water partition coefficient (Wildman–Crippen LogP) is 2.75. The number of nitrogens with two attached hydrogens (primary N) is 1. The van der Waals surface area contributed by atoms with Crippen LogP contribution in [-0.2, 0) is 6.42 Å². The van der Waals surface area contributed by atoms with Crippen molar-refractivity contribution in [1.29, 1.82) is 0 Å². The fourth-order valence-electron chi connectivity index (χ4n) is 3.03. The number of ether oxygens (including phenoxy) is 1. The molecule has 3 nitrogen and oxygen atoms in total. The van der Waals surface area contributed by atoms with E-state index in [0.29, 0.717) is 6.54 Å². The van der Waals surface area contributed by atoms with Gasteiger partial charge in [-0.3, -0.25) is 4.90 Å². The molecule has 0 amide bonds. The lowest BCUT2D eigenvalue weighted by Gasteiger charge is -2.40. The summed E-state index contributed by atoms with van der Waals surface area (Å²) in [7, 11) is 0. The van der Waals surface area contributed by atoms with E-state index >= 15 is 0 Å². The fraction of sp³-hybridized carbons (Fsp3) is 0.647. The van der Waals surface area contributed by atoms with Gasteiger partial charge in [-0.2, -0.15) is 0 Å². The van der Waals surface area contributed by atoms with Crippen LogP contribution in [0.1, 0.15) is 38.3 Å². The van der Waals surface area contributed by atoms with Crippen molar-refractivity contribution in [2.75, 3.05) is 19.6 Å². The van der Waals surface area contributed by atoms with Crippen LogP contribution in [0.5, 0.6) is 5.75 Å². The smallest absolute Gasteiger partial charge is 0.123 e. The van der Waals surface area contributed by atoms with Gasteiger partial charge >= 0.3 is 0 Å². The highest BCUT2D eigenvalue weighted by Gasteiger charge is 2.32. The third-order valence-electron chi connectivity index (χ3n) is 4.73. The Bertz CT molecular complexity index is 454. The molecule has 0 saturated carbocycles. The first-order chi connectivity index (χ1) is 9.52. The van der Waals surface area contributed by atoms with Gasteiger partial charge in [-0.15, -0.1) is 0 Å². The molecule has 0 bridgehead atoms. The van der Waals surface area contributed by atoms with Crippen LogP contribution in [-0.4, -0.2) is 36.2 Å². The van der Waals surface area contributed by atoms with Gasteiger partial charge in [-0.1, -0.05) is 31.5 Å². The molecule has 2 atom stereocenters. The molecule has 2 rings (SSSR count). The number of hydrogen-bond donors (Lipinski definition) is 1. The first-order valence-electron chi connectivity index (χ1n) is 7.73. The van der Waals surface area contributed by atoms with Gasteiger partial charge in [0.2, 0.25) is 0 Å². The molecule has 20 heavy (non-hydrogen) atoms. The highest BCUT2D eigenvalue weighted by molar-refractivity contribution is 5.40. The van der Waals surface area contributed by atoms with E-state index in [1.54, 1.807) is 0 Å². The number of benzene rings is 1. The van der Waals surface area contributed by atoms with E-state index in [9.17, 15) is 0 Å². The fourth-order valence-corrected chi connectivity index (χ4v) is 3.03. The summed E-state index contributed by atoms with van der Waals surface area (Å²) in [5.74, 6) is 1.06. The van der Waals surface area contributed by atoms with Gasteiger partial charge in [-0.05, 0) is 38.4 Å². The van der Waals surface area contributed by atoms with Crippen LogP contribution in [0.15, 0.2) is 18.2 Å². The highest BCUT2D eigenvalue weighted by atomic mass is 16.5. The molecule has 3 heteroatoms. The van der Waals surface area contributed by atoms with Crippen molar-refractivity contribution < 1.29 is 4.74 Å². The minimum Gasteiger partial charge on any atom is -0.488 e. The van der Waals surface area contributed by atoms with Crippen molar-refractivity contribution in [1.82, 2.24) is 4.90 Å². The largest absolute Gasteiger partial charge is 0.488 e. The van der Waals surface area contributed by atoms with Gasteiger partial charge in [0.15, 0.2) is 0 Å². The molecule has 1 aromatic rings. The molecule has 0 fully saturated rings. The first kappa shape index (κ1) is 15.3. The normalized spacial score (nSPS) is 20.6. The minimum atomic E-state index is 0.0722. The molecule has 1 aliphatic heterocycles.